The zero-order valence-corrected chi connectivity index (χ0v) is 29.4. The Labute approximate surface area is 276 Å². The van der Waals surface area contributed by atoms with Gasteiger partial charge in [-0.05, 0) is 53.7 Å². The Balaban J connectivity index is 2.16. The lowest BCUT2D eigenvalue weighted by molar-refractivity contribution is -0.0479. The smallest absolute Gasteiger partial charge is 0.374 e. The summed E-state index contributed by atoms with van der Waals surface area (Å²) >= 11 is 0. The number of carbonyl (C=O) groups is 1. The minimum atomic E-state index is -3.86. The van der Waals surface area contributed by atoms with E-state index in [0.717, 1.165) is 10.6 Å². The predicted molar refractivity (Wildman–Crippen MR) is 175 cm³/mol. The summed E-state index contributed by atoms with van der Waals surface area (Å²) in [4.78, 5) is 39.9. The molecule has 1 aromatic heterocycles. The second-order valence-electron chi connectivity index (χ2n) is 10.7. The molecule has 5 unspecified atom stereocenters. The van der Waals surface area contributed by atoms with Crippen LogP contribution in [0.4, 0.5) is 0 Å². The molecule has 0 spiro atoms. The Bertz CT molecular complexity index is 1590. The maximum atomic E-state index is 13.8. The minimum absolute atomic E-state index is 0.0434. The third-order valence-electron chi connectivity index (χ3n) is 6.79. The first-order valence-corrected chi connectivity index (χ1v) is 17.9. The van der Waals surface area contributed by atoms with Crippen molar-refractivity contribution in [2.75, 3.05) is 26.9 Å². The van der Waals surface area contributed by atoms with E-state index >= 15 is 0 Å². The van der Waals surface area contributed by atoms with Crippen LogP contribution >= 0.6 is 16.1 Å². The highest BCUT2D eigenvalue weighted by Crippen LogP contribution is 2.51. The Morgan fingerprint density at radius 1 is 1.06 bits per heavy atom. The number of methoxy groups -OCH3 is 1. The van der Waals surface area contributed by atoms with Gasteiger partial charge >= 0.3 is 13.3 Å². The van der Waals surface area contributed by atoms with Gasteiger partial charge in [-0.2, -0.15) is 9.83 Å². The normalized spacial score (nSPS) is 20.3. The van der Waals surface area contributed by atoms with Crippen LogP contribution in [0.25, 0.3) is 0 Å². The van der Waals surface area contributed by atoms with Gasteiger partial charge in [-0.3, -0.25) is 23.2 Å². The Hall–Kier alpha value is -3.00. The molecule has 14 nitrogen and oxygen atoms in total. The van der Waals surface area contributed by atoms with Crippen molar-refractivity contribution in [2.24, 2.45) is 0 Å². The summed E-state index contributed by atoms with van der Waals surface area (Å²) in [5, 5.41) is 9.15. The van der Waals surface area contributed by atoms with Crippen LogP contribution in [0.3, 0.4) is 0 Å². The highest BCUT2D eigenvalue weighted by atomic mass is 31.2. The van der Waals surface area contributed by atoms with Crippen molar-refractivity contribution >= 4 is 22.0 Å². The monoisotopic (exact) mass is 692 g/mol. The molecule has 0 bridgehead atoms. The molecular formula is C31H42N4O10P2. The molecule has 0 amide bonds. The van der Waals surface area contributed by atoms with Gasteiger partial charge in [0.05, 0.1) is 32.3 Å². The number of ether oxygens (including phenoxy) is 2. The van der Waals surface area contributed by atoms with Crippen LogP contribution in [0.1, 0.15) is 64.5 Å². The van der Waals surface area contributed by atoms with Crippen molar-refractivity contribution < 1.29 is 36.9 Å². The van der Waals surface area contributed by atoms with E-state index < -0.39 is 57.8 Å². The molecule has 256 valence electrons. The first-order valence-electron chi connectivity index (χ1n) is 15.2. The molecule has 0 aliphatic carbocycles. The largest absolute Gasteiger partial charge is 0.405 e. The summed E-state index contributed by atoms with van der Waals surface area (Å²) in [5.41, 5.74) is 0.907. The molecule has 16 heteroatoms. The lowest BCUT2D eigenvalue weighted by atomic mass is 10.1. The lowest BCUT2D eigenvalue weighted by Crippen LogP contribution is -2.46. The topological polar surface area (TPSA) is 161 Å². The molecule has 1 aliphatic heterocycles. The van der Waals surface area contributed by atoms with Crippen molar-refractivity contribution in [3.05, 3.63) is 69.0 Å². The third kappa shape index (κ3) is 9.55. The Morgan fingerprint density at radius 2 is 1.70 bits per heavy atom. The van der Waals surface area contributed by atoms with E-state index in [2.05, 4.69) is 17.7 Å². The molecule has 0 radical (unpaired) electrons. The number of hydrogen-bond donors (Lipinski definition) is 0. The first-order chi connectivity index (χ1) is 22.4. The van der Waals surface area contributed by atoms with E-state index in [0.29, 0.717) is 4.57 Å². The molecule has 1 saturated heterocycles. The van der Waals surface area contributed by atoms with Gasteiger partial charge in [0.15, 0.2) is 12.3 Å². The van der Waals surface area contributed by atoms with Gasteiger partial charge in [0, 0.05) is 42.7 Å². The average molecular weight is 693 g/mol. The molecule has 1 aliphatic rings. The van der Waals surface area contributed by atoms with E-state index in [1.165, 1.54) is 25.4 Å². The lowest BCUT2D eigenvalue weighted by Gasteiger charge is -2.37. The van der Waals surface area contributed by atoms with E-state index in [1.54, 1.807) is 32.0 Å². The van der Waals surface area contributed by atoms with Gasteiger partial charge in [-0.25, -0.2) is 14.0 Å². The van der Waals surface area contributed by atoms with E-state index in [4.69, 9.17) is 32.8 Å². The molecule has 3 rings (SSSR count). The van der Waals surface area contributed by atoms with Crippen molar-refractivity contribution in [1.29, 1.82) is 5.26 Å². The van der Waals surface area contributed by atoms with E-state index in [-0.39, 0.29) is 43.9 Å². The van der Waals surface area contributed by atoms with Crippen LogP contribution in [0.15, 0.2) is 52.2 Å². The van der Waals surface area contributed by atoms with Crippen molar-refractivity contribution in [1.82, 2.24) is 13.8 Å². The van der Waals surface area contributed by atoms with Crippen molar-refractivity contribution in [2.45, 2.75) is 84.6 Å². The van der Waals surface area contributed by atoms with Gasteiger partial charge in [-0.15, -0.1) is 0 Å². The minimum Gasteiger partial charge on any atom is -0.374 e. The predicted octanol–water partition coefficient (Wildman–Crippen LogP) is 4.50. The quantitative estimate of drug-likeness (QED) is 0.146. The third-order valence-corrected chi connectivity index (χ3v) is 10.5. The number of carbonyl (C=O) groups excluding carboxylic acids is 1. The molecule has 1 fully saturated rings. The summed E-state index contributed by atoms with van der Waals surface area (Å²) in [7, 11) is -4.34. The van der Waals surface area contributed by atoms with Gasteiger partial charge in [0.1, 0.15) is 12.2 Å². The summed E-state index contributed by atoms with van der Waals surface area (Å²) in [6.45, 7) is 11.4. The molecule has 2 aromatic rings. The second kappa shape index (κ2) is 18.0. The molecule has 1 aromatic carbocycles. The highest BCUT2D eigenvalue weighted by Gasteiger charge is 2.49. The molecule has 47 heavy (non-hydrogen) atoms. The SMILES string of the molecule is CCOP(=O)(C#CC1OC(n2ccc(=O)n(C(=O)c3ccccc3)c2=O)C(OC)C1OP(OCCC#N)N(C(C)C)C(C)C)OCC. The number of nitrogens with zero attached hydrogens (tertiary/aromatic N) is 4. The highest BCUT2D eigenvalue weighted by molar-refractivity contribution is 7.59. The van der Waals surface area contributed by atoms with Crippen LogP contribution < -0.4 is 11.2 Å². The standard InChI is InChI=1S/C31H42N4O10P2/c1-8-42-47(39,43-9-2)21-17-25-27(45-46(41-20-13-18-32)35(22(3)4)23(5)6)28(40-7)30(44-25)33-19-16-26(36)34(31(33)38)29(37)24-14-11-10-12-15-24/h10-12,14-16,19,22-23,25,27-28,30H,8-9,13,20H2,1-7H3. The number of aromatic nitrogens is 2. The first kappa shape index (κ1) is 38.4. The van der Waals surface area contributed by atoms with Gasteiger partial charge in [-0.1, -0.05) is 24.1 Å². The Morgan fingerprint density at radius 3 is 2.26 bits per heavy atom. The fourth-order valence-electron chi connectivity index (χ4n) is 4.91. The van der Waals surface area contributed by atoms with Crippen LogP contribution in [-0.4, -0.2) is 77.0 Å². The number of hydrogen-bond acceptors (Lipinski definition) is 12. The number of benzene rings is 1. The fourth-order valence-corrected chi connectivity index (χ4v) is 7.82. The van der Waals surface area contributed by atoms with Crippen molar-refractivity contribution in [3.63, 3.8) is 0 Å². The fraction of sp³-hybridized carbons (Fsp3) is 0.548. The van der Waals surface area contributed by atoms with Gasteiger partial charge in [0.25, 0.3) is 20.0 Å². The summed E-state index contributed by atoms with van der Waals surface area (Å²) in [5.74, 6) is 1.99. The summed E-state index contributed by atoms with van der Waals surface area (Å²) in [6.07, 6.45) is -3.22. The van der Waals surface area contributed by atoms with Crippen molar-refractivity contribution in [3.8, 4) is 17.7 Å². The zero-order valence-electron chi connectivity index (χ0n) is 27.6. The number of rotatable bonds is 15. The molecular weight excluding hydrogens is 650 g/mol. The molecule has 5 atom stereocenters. The van der Waals surface area contributed by atoms with Gasteiger partial charge in [0.2, 0.25) is 0 Å². The maximum absolute atomic E-state index is 13.8. The van der Waals surface area contributed by atoms with E-state index in [1.807, 2.05) is 32.4 Å². The molecule has 0 saturated carbocycles. The van der Waals surface area contributed by atoms with Crippen LogP contribution in [0.5, 0.6) is 0 Å². The van der Waals surface area contributed by atoms with Crippen LogP contribution in [0, 0.1) is 22.9 Å². The van der Waals surface area contributed by atoms with Gasteiger partial charge < -0.3 is 18.5 Å². The second-order valence-corrected chi connectivity index (χ2v) is 13.8. The zero-order chi connectivity index (χ0) is 34.7. The summed E-state index contributed by atoms with van der Waals surface area (Å²) < 4.78 is 52.3. The van der Waals surface area contributed by atoms with Crippen LogP contribution in [0.2, 0.25) is 0 Å². The average Bonchev–Trinajstić information content (AvgIpc) is 3.37. The van der Waals surface area contributed by atoms with Crippen LogP contribution in [-0.2, 0) is 32.1 Å². The van der Waals surface area contributed by atoms with E-state index in [9.17, 15) is 18.9 Å². The number of nitriles is 1. The Kier molecular flexibility index (Phi) is 14.7. The summed E-state index contributed by atoms with van der Waals surface area (Å²) in [6, 6.07) is 11.0. The molecule has 2 heterocycles. The maximum Gasteiger partial charge on any atom is 0.405 e. The molecule has 0 N–H and O–H groups in total.